The molecule has 1 N–H and O–H groups in total. The average Bonchev–Trinajstić information content (AvgIpc) is 3.15. The van der Waals surface area contributed by atoms with Crippen LogP contribution in [0.2, 0.25) is 0 Å². The zero-order chi connectivity index (χ0) is 19.4. The van der Waals surface area contributed by atoms with Crippen molar-refractivity contribution in [3.8, 4) is 5.88 Å². The number of nitrogens with zero attached hydrogens (tertiary/aromatic N) is 3. The van der Waals surface area contributed by atoms with E-state index in [9.17, 15) is 8.42 Å². The van der Waals surface area contributed by atoms with Crippen molar-refractivity contribution in [2.24, 2.45) is 0 Å². The number of ether oxygens (including phenoxy) is 1. The lowest BCUT2D eigenvalue weighted by molar-refractivity contribution is 0.309. The van der Waals surface area contributed by atoms with Crippen LogP contribution in [0.5, 0.6) is 5.88 Å². The molecular weight excluding hydrogens is 364 g/mol. The molecular formula is C19H26N4O3S. The number of nitrogens with one attached hydrogen (secondary N) is 1. The Morgan fingerprint density at radius 2 is 1.81 bits per heavy atom. The second-order valence-corrected chi connectivity index (χ2v) is 8.57. The molecule has 0 saturated carbocycles. The highest BCUT2D eigenvalue weighted by molar-refractivity contribution is 7.89. The summed E-state index contributed by atoms with van der Waals surface area (Å²) in [5, 5.41) is 0. The molecule has 1 aromatic carbocycles. The van der Waals surface area contributed by atoms with Crippen molar-refractivity contribution in [3.63, 3.8) is 0 Å². The molecule has 2 aromatic rings. The molecule has 0 aliphatic carbocycles. The molecule has 7 nitrogen and oxygen atoms in total. The molecule has 8 heteroatoms. The molecule has 0 radical (unpaired) electrons. The fourth-order valence-electron chi connectivity index (χ4n) is 3.00. The van der Waals surface area contributed by atoms with Gasteiger partial charge in [-0.1, -0.05) is 6.07 Å². The standard InChI is InChI=1S/C19H26N4O3S/c1-14-6-7-17(12-15(14)2)27(24,25)20-8-11-26-19-13-18(21-16(3)22-19)23-9-4-5-10-23/h6-7,12-13,20H,4-5,8-11H2,1-3H3. The lowest BCUT2D eigenvalue weighted by Crippen LogP contribution is -2.28. The van der Waals surface area contributed by atoms with E-state index in [1.165, 1.54) is 12.8 Å². The molecule has 2 heterocycles. The Bertz CT molecular complexity index is 909. The quantitative estimate of drug-likeness (QED) is 0.731. The van der Waals surface area contributed by atoms with E-state index in [1.807, 2.05) is 32.9 Å². The third-order valence-corrected chi connectivity index (χ3v) is 6.12. The smallest absolute Gasteiger partial charge is 0.240 e. The average molecular weight is 391 g/mol. The number of aromatic nitrogens is 2. The maximum Gasteiger partial charge on any atom is 0.240 e. The largest absolute Gasteiger partial charge is 0.476 e. The van der Waals surface area contributed by atoms with Crippen molar-refractivity contribution in [3.05, 3.63) is 41.2 Å². The fraction of sp³-hybridized carbons (Fsp3) is 0.474. The summed E-state index contributed by atoms with van der Waals surface area (Å²) in [4.78, 5) is 11.2. The van der Waals surface area contributed by atoms with Crippen LogP contribution in [0.1, 0.15) is 29.8 Å². The van der Waals surface area contributed by atoms with Gasteiger partial charge in [-0.15, -0.1) is 0 Å². The highest BCUT2D eigenvalue weighted by atomic mass is 32.2. The van der Waals surface area contributed by atoms with E-state index in [2.05, 4.69) is 19.6 Å². The summed E-state index contributed by atoms with van der Waals surface area (Å²) in [6.07, 6.45) is 2.33. The summed E-state index contributed by atoms with van der Waals surface area (Å²) < 4.78 is 33.0. The van der Waals surface area contributed by atoms with E-state index < -0.39 is 10.0 Å². The molecule has 0 atom stereocenters. The van der Waals surface area contributed by atoms with Crippen molar-refractivity contribution in [1.29, 1.82) is 0 Å². The molecule has 3 rings (SSSR count). The Labute approximate surface area is 160 Å². The number of hydrogen-bond acceptors (Lipinski definition) is 6. The first kappa shape index (κ1) is 19.6. The number of anilines is 1. The monoisotopic (exact) mass is 390 g/mol. The predicted molar refractivity (Wildman–Crippen MR) is 105 cm³/mol. The maximum absolute atomic E-state index is 12.4. The van der Waals surface area contributed by atoms with Gasteiger partial charge in [-0.25, -0.2) is 18.1 Å². The van der Waals surface area contributed by atoms with Crippen LogP contribution in [0.3, 0.4) is 0 Å². The Morgan fingerprint density at radius 1 is 1.07 bits per heavy atom. The second kappa shape index (κ2) is 8.22. The molecule has 1 aliphatic rings. The zero-order valence-corrected chi connectivity index (χ0v) is 16.8. The summed E-state index contributed by atoms with van der Waals surface area (Å²) in [6.45, 7) is 8.02. The van der Waals surface area contributed by atoms with Gasteiger partial charge in [0.05, 0.1) is 4.90 Å². The summed E-state index contributed by atoms with van der Waals surface area (Å²) in [6, 6.07) is 6.91. The van der Waals surface area contributed by atoms with Gasteiger partial charge in [-0.3, -0.25) is 0 Å². The fourth-order valence-corrected chi connectivity index (χ4v) is 4.10. The molecule has 0 spiro atoms. The molecule has 1 aliphatic heterocycles. The Hall–Kier alpha value is -2.19. The van der Waals surface area contributed by atoms with Gasteiger partial charge in [0, 0.05) is 25.7 Å². The highest BCUT2D eigenvalue weighted by Gasteiger charge is 2.16. The maximum atomic E-state index is 12.4. The molecule has 0 amide bonds. The van der Waals surface area contributed by atoms with Gasteiger partial charge in [0.2, 0.25) is 15.9 Å². The second-order valence-electron chi connectivity index (χ2n) is 6.80. The SMILES string of the molecule is Cc1nc(OCCNS(=O)(=O)c2ccc(C)c(C)c2)cc(N2CCCC2)n1. The summed E-state index contributed by atoms with van der Waals surface area (Å²) in [5.41, 5.74) is 2.00. The topological polar surface area (TPSA) is 84.4 Å². The molecule has 0 unspecified atom stereocenters. The first-order chi connectivity index (χ1) is 12.8. The first-order valence-corrected chi connectivity index (χ1v) is 10.6. The Morgan fingerprint density at radius 3 is 2.52 bits per heavy atom. The van der Waals surface area contributed by atoms with E-state index >= 15 is 0 Å². The molecule has 146 valence electrons. The third kappa shape index (κ3) is 4.95. The summed E-state index contributed by atoms with van der Waals surface area (Å²) >= 11 is 0. The van der Waals surface area contributed by atoms with Gasteiger partial charge in [-0.05, 0) is 56.9 Å². The van der Waals surface area contributed by atoms with Crippen LogP contribution < -0.4 is 14.4 Å². The molecule has 1 aromatic heterocycles. The van der Waals surface area contributed by atoms with Crippen molar-refractivity contribution in [2.45, 2.75) is 38.5 Å². The van der Waals surface area contributed by atoms with E-state index in [0.717, 1.165) is 30.0 Å². The predicted octanol–water partition coefficient (Wildman–Crippen LogP) is 2.36. The molecule has 1 fully saturated rings. The number of rotatable bonds is 7. The lowest BCUT2D eigenvalue weighted by Gasteiger charge is -2.17. The number of benzene rings is 1. The third-order valence-electron chi connectivity index (χ3n) is 4.66. The van der Waals surface area contributed by atoms with Crippen molar-refractivity contribution in [2.75, 3.05) is 31.1 Å². The van der Waals surface area contributed by atoms with Crippen LogP contribution >= 0.6 is 0 Å². The van der Waals surface area contributed by atoms with Gasteiger partial charge in [0.25, 0.3) is 0 Å². The van der Waals surface area contributed by atoms with E-state index in [-0.39, 0.29) is 18.0 Å². The number of hydrogen-bond donors (Lipinski definition) is 1. The minimum atomic E-state index is -3.55. The number of sulfonamides is 1. The summed E-state index contributed by atoms with van der Waals surface area (Å²) in [5.74, 6) is 1.98. The van der Waals surface area contributed by atoms with Crippen LogP contribution in [0.4, 0.5) is 5.82 Å². The highest BCUT2D eigenvalue weighted by Crippen LogP contribution is 2.21. The van der Waals surface area contributed by atoms with Crippen molar-refractivity contribution >= 4 is 15.8 Å². The molecule has 27 heavy (non-hydrogen) atoms. The van der Waals surface area contributed by atoms with Gasteiger partial charge >= 0.3 is 0 Å². The number of aryl methyl sites for hydroxylation is 3. The van der Waals surface area contributed by atoms with Crippen LogP contribution in [-0.4, -0.2) is 44.6 Å². The van der Waals surface area contributed by atoms with E-state index in [4.69, 9.17) is 4.74 Å². The minimum Gasteiger partial charge on any atom is -0.476 e. The van der Waals surface area contributed by atoms with Gasteiger partial charge in [0.1, 0.15) is 18.2 Å². The van der Waals surface area contributed by atoms with Gasteiger partial charge in [0.15, 0.2) is 0 Å². The van der Waals surface area contributed by atoms with Crippen LogP contribution in [0, 0.1) is 20.8 Å². The summed E-state index contributed by atoms with van der Waals surface area (Å²) in [7, 11) is -3.55. The van der Waals surface area contributed by atoms with Crippen LogP contribution in [-0.2, 0) is 10.0 Å². The first-order valence-electron chi connectivity index (χ1n) is 9.15. The van der Waals surface area contributed by atoms with E-state index in [1.54, 1.807) is 12.1 Å². The van der Waals surface area contributed by atoms with Crippen LogP contribution in [0.25, 0.3) is 0 Å². The molecule has 0 bridgehead atoms. The van der Waals surface area contributed by atoms with E-state index in [0.29, 0.717) is 11.7 Å². The lowest BCUT2D eigenvalue weighted by atomic mass is 10.1. The van der Waals surface area contributed by atoms with Crippen molar-refractivity contribution in [1.82, 2.24) is 14.7 Å². The minimum absolute atomic E-state index is 0.164. The van der Waals surface area contributed by atoms with Gasteiger partial charge < -0.3 is 9.64 Å². The normalized spacial score (nSPS) is 14.6. The van der Waals surface area contributed by atoms with Crippen molar-refractivity contribution < 1.29 is 13.2 Å². The Kier molecular flexibility index (Phi) is 5.96. The van der Waals surface area contributed by atoms with Crippen LogP contribution in [0.15, 0.2) is 29.2 Å². The van der Waals surface area contributed by atoms with Gasteiger partial charge in [-0.2, -0.15) is 4.98 Å². The molecule has 1 saturated heterocycles. The Balaban J connectivity index is 1.57. The zero-order valence-electron chi connectivity index (χ0n) is 16.0.